The van der Waals surface area contributed by atoms with Crippen molar-refractivity contribution >= 4 is 39.0 Å². The van der Waals surface area contributed by atoms with E-state index in [9.17, 15) is 5.11 Å². The molecule has 0 spiro atoms. The molecule has 1 atom stereocenters. The molecule has 0 aromatic carbocycles. The van der Waals surface area contributed by atoms with Crippen LogP contribution in [0, 0.1) is 0 Å². The second-order valence-electron chi connectivity index (χ2n) is 3.93. The van der Waals surface area contributed by atoms with E-state index in [2.05, 4.69) is 15.9 Å². The number of hydrogen-bond donors (Lipinski definition) is 1. The second-order valence-corrected chi connectivity index (χ2v) is 6.86. The topological polar surface area (TPSA) is 20.2 Å². The average Bonchev–Trinajstić information content (AvgIpc) is 2.84. The Labute approximate surface area is 107 Å². The number of aliphatic hydroxyl groups is 1. The van der Waals surface area contributed by atoms with Gasteiger partial charge in [-0.3, -0.25) is 0 Å². The minimum Gasteiger partial charge on any atom is -0.387 e. The summed E-state index contributed by atoms with van der Waals surface area (Å²) < 4.78 is 1.05. The second kappa shape index (κ2) is 5.71. The summed E-state index contributed by atoms with van der Waals surface area (Å²) >= 11 is 7.03. The minimum absolute atomic E-state index is 0.309. The van der Waals surface area contributed by atoms with Crippen LogP contribution in [-0.4, -0.2) is 16.1 Å². The van der Waals surface area contributed by atoms with Crippen LogP contribution in [0.5, 0.6) is 0 Å². The highest BCUT2D eigenvalue weighted by atomic mass is 79.9. The molecule has 4 heteroatoms. The van der Waals surface area contributed by atoms with Gasteiger partial charge in [-0.05, 0) is 34.2 Å². The lowest BCUT2D eigenvalue weighted by Crippen LogP contribution is -2.04. The molecule has 0 saturated heterocycles. The molecule has 1 aliphatic carbocycles. The lowest BCUT2D eigenvalue weighted by Gasteiger charge is -2.13. The van der Waals surface area contributed by atoms with Crippen molar-refractivity contribution < 1.29 is 5.11 Å². The van der Waals surface area contributed by atoms with Crippen LogP contribution in [0.25, 0.3) is 0 Å². The van der Waals surface area contributed by atoms with Crippen LogP contribution in [0.2, 0.25) is 0 Å². The Morgan fingerprint density at radius 1 is 1.47 bits per heavy atom. The van der Waals surface area contributed by atoms with Gasteiger partial charge in [0.15, 0.2) is 0 Å². The fourth-order valence-electron chi connectivity index (χ4n) is 1.90. The zero-order valence-electron chi connectivity index (χ0n) is 8.49. The number of hydrogen-bond acceptors (Lipinski definition) is 3. The highest BCUT2D eigenvalue weighted by molar-refractivity contribution is 9.10. The van der Waals surface area contributed by atoms with Gasteiger partial charge in [0.25, 0.3) is 0 Å². The van der Waals surface area contributed by atoms with E-state index in [-0.39, 0.29) is 6.10 Å². The van der Waals surface area contributed by atoms with Crippen LogP contribution >= 0.6 is 39.0 Å². The first-order valence-electron chi connectivity index (χ1n) is 5.28. The van der Waals surface area contributed by atoms with E-state index in [0.717, 1.165) is 21.0 Å². The van der Waals surface area contributed by atoms with Gasteiger partial charge in [0.2, 0.25) is 0 Å². The smallest absolute Gasteiger partial charge is 0.0899 e. The molecule has 15 heavy (non-hydrogen) atoms. The van der Waals surface area contributed by atoms with Crippen LogP contribution in [0.1, 0.15) is 37.4 Å². The van der Waals surface area contributed by atoms with Crippen molar-refractivity contribution in [2.75, 3.05) is 5.75 Å². The molecule has 1 heterocycles. The molecule has 1 aromatic heterocycles. The van der Waals surface area contributed by atoms with Gasteiger partial charge in [-0.15, -0.1) is 0 Å². The zero-order chi connectivity index (χ0) is 10.7. The maximum Gasteiger partial charge on any atom is 0.0899 e. The first-order chi connectivity index (χ1) is 7.27. The van der Waals surface area contributed by atoms with Crippen LogP contribution < -0.4 is 0 Å². The standard InChI is InChI=1S/C11H15BrOS2/c12-10-6-14-5-9(10)11(13)7-15-8-3-1-2-4-8/h5-6,8,11,13H,1-4,7H2. The summed E-state index contributed by atoms with van der Waals surface area (Å²) in [5.41, 5.74) is 1.05. The Morgan fingerprint density at radius 3 is 2.80 bits per heavy atom. The van der Waals surface area contributed by atoms with Crippen molar-refractivity contribution in [3.8, 4) is 0 Å². The maximum absolute atomic E-state index is 10.0. The summed E-state index contributed by atoms with van der Waals surface area (Å²) in [5.74, 6) is 0.833. The van der Waals surface area contributed by atoms with Gasteiger partial charge in [-0.25, -0.2) is 0 Å². The third-order valence-corrected chi connectivity index (χ3v) is 6.00. The molecule has 1 unspecified atom stereocenters. The third kappa shape index (κ3) is 3.22. The van der Waals surface area contributed by atoms with Crippen molar-refractivity contribution in [3.05, 3.63) is 20.8 Å². The highest BCUT2D eigenvalue weighted by Crippen LogP contribution is 2.34. The van der Waals surface area contributed by atoms with Gasteiger partial charge in [0.05, 0.1) is 6.10 Å². The molecule has 0 amide bonds. The number of thioether (sulfide) groups is 1. The van der Waals surface area contributed by atoms with E-state index in [1.807, 2.05) is 22.5 Å². The van der Waals surface area contributed by atoms with Crippen molar-refractivity contribution in [2.45, 2.75) is 37.0 Å². The van der Waals surface area contributed by atoms with Gasteiger partial charge < -0.3 is 5.11 Å². The van der Waals surface area contributed by atoms with Crippen molar-refractivity contribution in [3.63, 3.8) is 0 Å². The summed E-state index contributed by atoms with van der Waals surface area (Å²) in [5, 5.41) is 14.9. The lowest BCUT2D eigenvalue weighted by atomic mass is 10.2. The maximum atomic E-state index is 10.0. The summed E-state index contributed by atoms with van der Waals surface area (Å²) in [4.78, 5) is 0. The molecular formula is C11H15BrOS2. The molecule has 0 radical (unpaired) electrons. The van der Waals surface area contributed by atoms with E-state index < -0.39 is 0 Å². The molecule has 1 nitrogen and oxygen atoms in total. The van der Waals surface area contributed by atoms with E-state index in [0.29, 0.717) is 0 Å². The van der Waals surface area contributed by atoms with Crippen LogP contribution in [0.15, 0.2) is 15.2 Å². The van der Waals surface area contributed by atoms with Gasteiger partial charge in [-0.1, -0.05) is 12.8 Å². The Hall–Kier alpha value is 0.490. The fourth-order valence-corrected chi connectivity index (χ4v) is 4.81. The van der Waals surface area contributed by atoms with Crippen molar-refractivity contribution in [1.29, 1.82) is 0 Å². The number of thiophene rings is 1. The minimum atomic E-state index is -0.309. The third-order valence-electron chi connectivity index (χ3n) is 2.79. The fraction of sp³-hybridized carbons (Fsp3) is 0.636. The van der Waals surface area contributed by atoms with Crippen molar-refractivity contribution in [2.24, 2.45) is 0 Å². The quantitative estimate of drug-likeness (QED) is 0.899. The largest absolute Gasteiger partial charge is 0.387 e. The molecule has 1 aliphatic rings. The monoisotopic (exact) mass is 306 g/mol. The van der Waals surface area contributed by atoms with Gasteiger partial charge in [-0.2, -0.15) is 23.1 Å². The number of rotatable bonds is 4. The molecule has 2 rings (SSSR count). The Balaban J connectivity index is 1.81. The molecule has 84 valence electrons. The summed E-state index contributed by atoms with van der Waals surface area (Å²) in [6.07, 6.45) is 5.10. The highest BCUT2D eigenvalue weighted by Gasteiger charge is 2.18. The lowest BCUT2D eigenvalue weighted by molar-refractivity contribution is 0.204. The van der Waals surface area contributed by atoms with E-state index in [1.54, 1.807) is 11.3 Å². The number of aliphatic hydroxyl groups excluding tert-OH is 1. The van der Waals surface area contributed by atoms with Crippen molar-refractivity contribution in [1.82, 2.24) is 0 Å². The van der Waals surface area contributed by atoms with Gasteiger partial charge in [0, 0.05) is 26.4 Å². The molecule has 1 fully saturated rings. The van der Waals surface area contributed by atoms with Crippen LogP contribution in [0.4, 0.5) is 0 Å². The molecule has 1 N–H and O–H groups in total. The van der Waals surface area contributed by atoms with E-state index in [4.69, 9.17) is 0 Å². The average molecular weight is 307 g/mol. The summed E-state index contributed by atoms with van der Waals surface area (Å²) in [6, 6.07) is 0. The first kappa shape index (κ1) is 12.0. The van der Waals surface area contributed by atoms with Crippen LogP contribution in [-0.2, 0) is 0 Å². The van der Waals surface area contributed by atoms with Gasteiger partial charge in [0.1, 0.15) is 0 Å². The first-order valence-corrected chi connectivity index (χ1v) is 8.07. The zero-order valence-corrected chi connectivity index (χ0v) is 11.7. The Kier molecular flexibility index (Phi) is 4.55. The van der Waals surface area contributed by atoms with E-state index >= 15 is 0 Å². The summed E-state index contributed by atoms with van der Waals surface area (Å²) in [6.45, 7) is 0. The van der Waals surface area contributed by atoms with E-state index in [1.165, 1.54) is 25.7 Å². The molecule has 1 saturated carbocycles. The Morgan fingerprint density at radius 2 is 2.20 bits per heavy atom. The predicted molar refractivity (Wildman–Crippen MR) is 71.7 cm³/mol. The molecular weight excluding hydrogens is 292 g/mol. The normalized spacial score (nSPS) is 19.6. The molecule has 0 bridgehead atoms. The van der Waals surface area contributed by atoms with Gasteiger partial charge >= 0.3 is 0 Å². The Bertz CT molecular complexity index is 307. The number of halogens is 1. The predicted octanol–water partition coefficient (Wildman–Crippen LogP) is 4.22. The SMILES string of the molecule is OC(CSC1CCCC1)c1cscc1Br. The summed E-state index contributed by atoms with van der Waals surface area (Å²) in [7, 11) is 0. The molecule has 0 aliphatic heterocycles. The molecule has 1 aromatic rings. The van der Waals surface area contributed by atoms with Crippen LogP contribution in [0.3, 0.4) is 0 Å².